The predicted octanol–water partition coefficient (Wildman–Crippen LogP) is 3.50. The summed E-state index contributed by atoms with van der Waals surface area (Å²) in [5, 5.41) is 10.4. The van der Waals surface area contributed by atoms with Gasteiger partial charge >= 0.3 is 5.69 Å². The lowest BCUT2D eigenvalue weighted by atomic mass is 10.1. The third-order valence-corrected chi connectivity index (χ3v) is 11.1. The molecule has 1 aromatic carbocycles. The molecule has 9 heteroatoms. The summed E-state index contributed by atoms with van der Waals surface area (Å²) in [6.45, 7) is 13.4. The van der Waals surface area contributed by atoms with Crippen molar-refractivity contribution in [2.24, 2.45) is 0 Å². The van der Waals surface area contributed by atoms with Gasteiger partial charge in [-0.15, -0.1) is 0 Å². The lowest BCUT2D eigenvalue weighted by Gasteiger charge is -2.39. The standard InChI is InChI=1S/C27H36N2O6Si/c1-7-33-24-16-14-21(23(35-24)18-34-36(5,6)27(2,3)4)29-17-20(25(31)28-26(29)32)13-15-22(30)19-11-9-8-10-12-19/h8-12,14,16-17,21-24,30H,7,18H2,1-6H3,(H,28,31,32)/t21-,22-,23+,24-/m0/s1. The smallest absolute Gasteiger partial charge is 0.329 e. The van der Waals surface area contributed by atoms with E-state index in [1.165, 1.54) is 10.8 Å². The third-order valence-electron chi connectivity index (χ3n) is 6.65. The maximum Gasteiger partial charge on any atom is 0.329 e. The van der Waals surface area contributed by atoms with Crippen molar-refractivity contribution in [2.45, 2.75) is 70.4 Å². The Kier molecular flexibility index (Phi) is 8.92. The van der Waals surface area contributed by atoms with Gasteiger partial charge in [0.1, 0.15) is 17.8 Å². The monoisotopic (exact) mass is 512 g/mol. The Labute approximate surface area is 213 Å². The van der Waals surface area contributed by atoms with Gasteiger partial charge in [-0.3, -0.25) is 14.3 Å². The summed E-state index contributed by atoms with van der Waals surface area (Å²) in [7, 11) is -2.09. The first-order chi connectivity index (χ1) is 16.9. The zero-order valence-electron chi connectivity index (χ0n) is 21.8. The van der Waals surface area contributed by atoms with Gasteiger partial charge in [0, 0.05) is 12.8 Å². The molecular formula is C27H36N2O6Si. The molecule has 1 aliphatic heterocycles. The number of nitrogens with one attached hydrogen (secondary N) is 1. The number of rotatable bonds is 7. The molecule has 0 fully saturated rings. The third kappa shape index (κ3) is 6.72. The second-order valence-electron chi connectivity index (χ2n) is 10.2. The summed E-state index contributed by atoms with van der Waals surface area (Å²) in [6.07, 6.45) is 2.84. The van der Waals surface area contributed by atoms with Gasteiger partial charge < -0.3 is 19.0 Å². The van der Waals surface area contributed by atoms with E-state index in [1.54, 1.807) is 30.3 Å². The second-order valence-corrected chi connectivity index (χ2v) is 15.0. The Balaban J connectivity index is 1.94. The average molecular weight is 513 g/mol. The fraction of sp³-hybridized carbons (Fsp3) is 0.481. The number of aliphatic hydroxyl groups is 1. The number of benzene rings is 1. The van der Waals surface area contributed by atoms with Gasteiger partial charge in [-0.05, 0) is 36.7 Å². The summed E-state index contributed by atoms with van der Waals surface area (Å²) >= 11 is 0. The van der Waals surface area contributed by atoms with Gasteiger partial charge in [0.05, 0.1) is 12.6 Å². The molecule has 2 N–H and O–H groups in total. The van der Waals surface area contributed by atoms with Crippen LogP contribution >= 0.6 is 0 Å². The molecule has 0 spiro atoms. The lowest BCUT2D eigenvalue weighted by Crippen LogP contribution is -2.47. The quantitative estimate of drug-likeness (QED) is 0.334. The van der Waals surface area contributed by atoms with E-state index in [9.17, 15) is 14.7 Å². The van der Waals surface area contributed by atoms with Gasteiger partial charge in [0.15, 0.2) is 14.6 Å². The van der Waals surface area contributed by atoms with Crippen LogP contribution in [0.1, 0.15) is 51.0 Å². The van der Waals surface area contributed by atoms with Crippen molar-refractivity contribution >= 4 is 8.32 Å². The van der Waals surface area contributed by atoms with Crippen molar-refractivity contribution in [2.75, 3.05) is 13.2 Å². The van der Waals surface area contributed by atoms with E-state index >= 15 is 0 Å². The van der Waals surface area contributed by atoms with E-state index in [4.69, 9.17) is 13.9 Å². The van der Waals surface area contributed by atoms with Crippen molar-refractivity contribution in [3.63, 3.8) is 0 Å². The minimum atomic E-state index is -2.09. The predicted molar refractivity (Wildman–Crippen MR) is 141 cm³/mol. The van der Waals surface area contributed by atoms with E-state index in [-0.39, 0.29) is 17.2 Å². The van der Waals surface area contributed by atoms with E-state index in [0.29, 0.717) is 12.2 Å². The molecule has 1 aliphatic rings. The van der Waals surface area contributed by atoms with Crippen LogP contribution in [0.4, 0.5) is 0 Å². The largest absolute Gasteiger partial charge is 0.414 e. The summed E-state index contributed by atoms with van der Waals surface area (Å²) in [6, 6.07) is 8.38. The summed E-state index contributed by atoms with van der Waals surface area (Å²) in [5.41, 5.74) is -0.525. The molecule has 0 unspecified atom stereocenters. The Morgan fingerprint density at radius 1 is 1.19 bits per heavy atom. The van der Waals surface area contributed by atoms with E-state index in [0.717, 1.165) is 0 Å². The summed E-state index contributed by atoms with van der Waals surface area (Å²) in [4.78, 5) is 27.6. The summed E-state index contributed by atoms with van der Waals surface area (Å²) < 4.78 is 19.6. The maximum atomic E-state index is 12.8. The van der Waals surface area contributed by atoms with Crippen LogP contribution in [0.25, 0.3) is 0 Å². The molecule has 36 heavy (non-hydrogen) atoms. The Morgan fingerprint density at radius 2 is 1.89 bits per heavy atom. The van der Waals surface area contributed by atoms with Crippen LogP contribution in [0.15, 0.2) is 58.3 Å². The van der Waals surface area contributed by atoms with E-state index < -0.39 is 44.1 Å². The van der Waals surface area contributed by atoms with E-state index in [2.05, 4.69) is 50.7 Å². The number of aliphatic hydroxyl groups excluding tert-OH is 1. The number of ether oxygens (including phenoxy) is 2. The number of aromatic amines is 1. The highest BCUT2D eigenvalue weighted by atomic mass is 28.4. The maximum absolute atomic E-state index is 12.8. The van der Waals surface area contributed by atoms with Crippen molar-refractivity contribution in [1.82, 2.24) is 9.55 Å². The number of H-pyrrole nitrogens is 1. The average Bonchev–Trinajstić information content (AvgIpc) is 2.82. The zero-order valence-corrected chi connectivity index (χ0v) is 22.8. The first kappa shape index (κ1) is 27.8. The van der Waals surface area contributed by atoms with Crippen LogP contribution < -0.4 is 11.2 Å². The van der Waals surface area contributed by atoms with Crippen molar-refractivity contribution in [1.29, 1.82) is 0 Å². The minimum absolute atomic E-state index is 0.00346. The molecule has 0 saturated heterocycles. The van der Waals surface area contributed by atoms with Gasteiger partial charge in [-0.25, -0.2) is 4.79 Å². The fourth-order valence-electron chi connectivity index (χ4n) is 3.46. The summed E-state index contributed by atoms with van der Waals surface area (Å²) in [5.74, 6) is 5.40. The van der Waals surface area contributed by atoms with Crippen molar-refractivity contribution < 1.29 is 19.0 Å². The van der Waals surface area contributed by atoms with E-state index in [1.807, 2.05) is 19.1 Å². The van der Waals surface area contributed by atoms with Gasteiger partial charge in [0.2, 0.25) is 0 Å². The molecule has 4 atom stereocenters. The van der Waals surface area contributed by atoms with Crippen LogP contribution in [0, 0.1) is 11.8 Å². The van der Waals surface area contributed by atoms with Crippen LogP contribution in [0.3, 0.4) is 0 Å². The highest BCUT2D eigenvalue weighted by Crippen LogP contribution is 2.37. The minimum Gasteiger partial charge on any atom is -0.414 e. The lowest BCUT2D eigenvalue weighted by molar-refractivity contribution is -0.163. The van der Waals surface area contributed by atoms with Crippen molar-refractivity contribution in [3.8, 4) is 11.8 Å². The molecule has 8 nitrogen and oxygen atoms in total. The molecule has 1 aromatic heterocycles. The van der Waals surface area contributed by atoms with Crippen molar-refractivity contribution in [3.05, 3.63) is 80.6 Å². The first-order valence-electron chi connectivity index (χ1n) is 12.1. The van der Waals surface area contributed by atoms with Gasteiger partial charge in [-0.2, -0.15) is 0 Å². The number of hydrogen-bond donors (Lipinski definition) is 2. The molecule has 2 aromatic rings. The first-order valence-corrected chi connectivity index (χ1v) is 15.0. The zero-order chi connectivity index (χ0) is 26.5. The number of hydrogen-bond acceptors (Lipinski definition) is 6. The molecule has 0 bridgehead atoms. The molecule has 0 saturated carbocycles. The molecule has 0 radical (unpaired) electrons. The van der Waals surface area contributed by atoms with Crippen LogP contribution in [0.5, 0.6) is 0 Å². The van der Waals surface area contributed by atoms with Gasteiger partial charge in [-0.1, -0.05) is 69.0 Å². The Hall–Kier alpha value is -2.74. The highest BCUT2D eigenvalue weighted by molar-refractivity contribution is 6.74. The number of aromatic nitrogens is 2. The van der Waals surface area contributed by atoms with Gasteiger partial charge in [0.25, 0.3) is 5.56 Å². The van der Waals surface area contributed by atoms with Crippen LogP contribution in [-0.2, 0) is 13.9 Å². The molecule has 2 heterocycles. The normalized spacial score (nSPS) is 21.0. The van der Waals surface area contributed by atoms with Crippen LogP contribution in [-0.4, -0.2) is 48.6 Å². The molecule has 0 amide bonds. The Morgan fingerprint density at radius 3 is 2.53 bits per heavy atom. The molecule has 0 aliphatic carbocycles. The highest BCUT2D eigenvalue weighted by Gasteiger charge is 2.39. The molecule has 194 valence electrons. The SMILES string of the molecule is CCO[C@@H]1C=C[C@H](n2cc(C#C[C@H](O)c3ccccc3)c(=O)[nH]c2=O)[C@@H](CO[Si](C)(C)C(C)(C)C)O1. The fourth-order valence-corrected chi connectivity index (χ4v) is 4.48. The molecule has 3 rings (SSSR count). The molecular weight excluding hydrogens is 476 g/mol. The Bertz CT molecular complexity index is 1230. The number of nitrogens with zero attached hydrogens (tertiary/aromatic N) is 1. The topological polar surface area (TPSA) is 103 Å². The second kappa shape index (κ2) is 11.5. The van der Waals surface area contributed by atoms with Crippen LogP contribution in [0.2, 0.25) is 18.1 Å².